The smallest absolute Gasteiger partial charge is 0.234 e. The van der Waals surface area contributed by atoms with Crippen LogP contribution in [0.25, 0.3) is 0 Å². The first-order chi connectivity index (χ1) is 15.3. The molecule has 1 aromatic carbocycles. The summed E-state index contributed by atoms with van der Waals surface area (Å²) < 4.78 is 14.1. The number of ketones is 1. The van der Waals surface area contributed by atoms with Gasteiger partial charge in [0.05, 0.1) is 19.1 Å². The minimum atomic E-state index is -0.308. The van der Waals surface area contributed by atoms with Gasteiger partial charge < -0.3 is 19.8 Å². The molecule has 1 saturated heterocycles. The van der Waals surface area contributed by atoms with Crippen molar-refractivity contribution >= 4 is 11.7 Å². The Balaban J connectivity index is 1.37. The minimum Gasteiger partial charge on any atom is -0.486 e. The first-order valence-corrected chi connectivity index (χ1v) is 11.2. The number of carbonyl (C=O) groups excluding carboxylic acids is 2. The highest BCUT2D eigenvalue weighted by molar-refractivity contribution is 5.99. The monoisotopic (exact) mass is 440 g/mol. The molecule has 0 spiro atoms. The number of hydrogen-bond donors (Lipinski definition) is 1. The van der Waals surface area contributed by atoms with Gasteiger partial charge >= 0.3 is 0 Å². The average molecular weight is 441 g/mol. The van der Waals surface area contributed by atoms with Crippen molar-refractivity contribution in [2.75, 3.05) is 39.3 Å². The van der Waals surface area contributed by atoms with Gasteiger partial charge in [0.2, 0.25) is 5.91 Å². The Morgan fingerprint density at radius 1 is 1.12 bits per heavy atom. The van der Waals surface area contributed by atoms with E-state index in [0.717, 1.165) is 54.6 Å². The van der Waals surface area contributed by atoms with E-state index >= 15 is 0 Å². The second kappa shape index (κ2) is 9.34. The Kier molecular flexibility index (Phi) is 6.53. The number of amides is 1. The molecule has 8 heteroatoms. The summed E-state index contributed by atoms with van der Waals surface area (Å²) in [6, 6.07) is 9.38. The maximum absolute atomic E-state index is 13.1. The van der Waals surface area contributed by atoms with Crippen molar-refractivity contribution in [2.45, 2.75) is 39.5 Å². The van der Waals surface area contributed by atoms with Gasteiger partial charge in [0.15, 0.2) is 23.4 Å². The van der Waals surface area contributed by atoms with Gasteiger partial charge in [0, 0.05) is 43.1 Å². The van der Waals surface area contributed by atoms with Crippen LogP contribution in [0, 0.1) is 13.8 Å². The number of fused-ring (bicyclic) bond motifs is 1. The highest BCUT2D eigenvalue weighted by atomic mass is 16.6. The Hall–Kier alpha value is -2.84. The molecular formula is C24H32N4O4. The fourth-order valence-corrected chi connectivity index (χ4v) is 4.50. The summed E-state index contributed by atoms with van der Waals surface area (Å²) in [6.45, 7) is 10.3. The largest absolute Gasteiger partial charge is 0.486 e. The summed E-state index contributed by atoms with van der Waals surface area (Å²) in [5, 5.41) is 0. The highest BCUT2D eigenvalue weighted by Gasteiger charge is 2.27. The van der Waals surface area contributed by atoms with Crippen molar-refractivity contribution in [3.8, 4) is 11.5 Å². The van der Waals surface area contributed by atoms with Gasteiger partial charge in [-0.2, -0.15) is 0 Å². The predicted molar refractivity (Wildman–Crippen MR) is 121 cm³/mol. The van der Waals surface area contributed by atoms with Crippen LogP contribution >= 0.6 is 0 Å². The Bertz CT molecular complexity index is 994. The zero-order valence-corrected chi connectivity index (χ0v) is 19.0. The number of piperazine rings is 1. The number of hydrogen-bond acceptors (Lipinski definition) is 6. The lowest BCUT2D eigenvalue weighted by Crippen LogP contribution is -2.53. The normalized spacial score (nSPS) is 20.2. The Labute approximate surface area is 188 Å². The quantitative estimate of drug-likeness (QED) is 0.658. The van der Waals surface area contributed by atoms with Crippen LogP contribution in [0.1, 0.15) is 28.7 Å². The van der Waals surface area contributed by atoms with Crippen LogP contribution < -0.4 is 15.2 Å². The molecule has 1 aromatic heterocycles. The number of Topliss-reactive ketones (excluding diaryl/α,β-unsaturated/α-hetero) is 1. The van der Waals surface area contributed by atoms with Crippen LogP contribution in [-0.4, -0.2) is 77.5 Å². The van der Waals surface area contributed by atoms with Gasteiger partial charge in [-0.25, -0.2) is 0 Å². The SMILES string of the molecule is Cc1cc(C(=O)CN2CCN(C(C)C(N)=O)CC2)c(C)n1CC1COc2ccccc2O1. The van der Waals surface area contributed by atoms with Crippen molar-refractivity contribution in [3.63, 3.8) is 0 Å². The fraction of sp³-hybridized carbons (Fsp3) is 0.500. The predicted octanol–water partition coefficient (Wildman–Crippen LogP) is 1.62. The molecule has 2 aromatic rings. The minimum absolute atomic E-state index is 0.113. The number of carbonyl (C=O) groups is 2. The number of aromatic nitrogens is 1. The van der Waals surface area contributed by atoms with E-state index in [2.05, 4.69) is 14.4 Å². The number of primary amides is 1. The van der Waals surface area contributed by atoms with E-state index in [1.807, 2.05) is 51.1 Å². The molecule has 3 heterocycles. The molecule has 1 amide bonds. The van der Waals surface area contributed by atoms with E-state index in [-0.39, 0.29) is 23.8 Å². The number of aryl methyl sites for hydroxylation is 1. The van der Waals surface area contributed by atoms with Gasteiger partial charge in [-0.05, 0) is 39.0 Å². The van der Waals surface area contributed by atoms with Crippen molar-refractivity contribution in [1.82, 2.24) is 14.4 Å². The van der Waals surface area contributed by atoms with E-state index < -0.39 is 0 Å². The third-order valence-corrected chi connectivity index (χ3v) is 6.56. The molecule has 0 radical (unpaired) electrons. The van der Waals surface area contributed by atoms with Gasteiger partial charge in [0.25, 0.3) is 0 Å². The fourth-order valence-electron chi connectivity index (χ4n) is 4.50. The molecule has 32 heavy (non-hydrogen) atoms. The lowest BCUT2D eigenvalue weighted by Gasteiger charge is -2.36. The number of para-hydroxylation sites is 2. The van der Waals surface area contributed by atoms with E-state index in [9.17, 15) is 9.59 Å². The molecule has 2 aliphatic rings. The summed E-state index contributed by atoms with van der Waals surface area (Å²) >= 11 is 0. The van der Waals surface area contributed by atoms with Crippen molar-refractivity contribution in [3.05, 3.63) is 47.3 Å². The maximum Gasteiger partial charge on any atom is 0.234 e. The summed E-state index contributed by atoms with van der Waals surface area (Å²) in [6.07, 6.45) is -0.113. The molecule has 2 unspecified atom stereocenters. The first-order valence-electron chi connectivity index (χ1n) is 11.2. The summed E-state index contributed by atoms with van der Waals surface area (Å²) in [4.78, 5) is 28.7. The second-order valence-electron chi connectivity index (χ2n) is 8.71. The lowest BCUT2D eigenvalue weighted by molar-refractivity contribution is -0.123. The molecular weight excluding hydrogens is 408 g/mol. The number of ether oxygens (including phenoxy) is 2. The molecule has 2 N–H and O–H groups in total. The van der Waals surface area contributed by atoms with Crippen LogP contribution in [0.3, 0.4) is 0 Å². The number of nitrogens with two attached hydrogens (primary N) is 1. The van der Waals surface area contributed by atoms with E-state index in [4.69, 9.17) is 15.2 Å². The molecule has 2 aliphatic heterocycles. The van der Waals surface area contributed by atoms with E-state index in [1.165, 1.54) is 0 Å². The third kappa shape index (κ3) is 4.66. The summed E-state index contributed by atoms with van der Waals surface area (Å²) in [7, 11) is 0. The van der Waals surface area contributed by atoms with Crippen LogP contribution in [0.5, 0.6) is 11.5 Å². The van der Waals surface area contributed by atoms with E-state index in [0.29, 0.717) is 19.7 Å². The van der Waals surface area contributed by atoms with Crippen LogP contribution in [0.4, 0.5) is 0 Å². The Morgan fingerprint density at radius 2 is 1.81 bits per heavy atom. The number of nitrogens with zero attached hydrogens (tertiary/aromatic N) is 3. The van der Waals surface area contributed by atoms with Crippen LogP contribution in [-0.2, 0) is 11.3 Å². The van der Waals surface area contributed by atoms with Gasteiger partial charge in [-0.1, -0.05) is 12.1 Å². The van der Waals surface area contributed by atoms with Gasteiger partial charge in [0.1, 0.15) is 6.61 Å². The topological polar surface area (TPSA) is 90.0 Å². The zero-order valence-electron chi connectivity index (χ0n) is 19.0. The second-order valence-corrected chi connectivity index (χ2v) is 8.71. The van der Waals surface area contributed by atoms with Crippen LogP contribution in [0.2, 0.25) is 0 Å². The molecule has 172 valence electrons. The summed E-state index contributed by atoms with van der Waals surface area (Å²) in [5.41, 5.74) is 8.16. The number of benzene rings is 1. The molecule has 4 rings (SSSR count). The zero-order chi connectivity index (χ0) is 22.8. The van der Waals surface area contributed by atoms with Gasteiger partial charge in [-0.15, -0.1) is 0 Å². The highest BCUT2D eigenvalue weighted by Crippen LogP contribution is 2.31. The van der Waals surface area contributed by atoms with Crippen molar-refractivity contribution in [2.24, 2.45) is 5.73 Å². The molecule has 1 fully saturated rings. The third-order valence-electron chi connectivity index (χ3n) is 6.56. The first kappa shape index (κ1) is 22.4. The van der Waals surface area contributed by atoms with Crippen molar-refractivity contribution < 1.29 is 19.1 Å². The molecule has 0 saturated carbocycles. The number of rotatable bonds is 7. The average Bonchev–Trinajstić information content (AvgIpc) is 3.07. The standard InChI is InChI=1S/C24H32N4O4/c1-16-12-20(21(29)14-26-8-10-27(11-9-26)18(3)24(25)30)17(2)28(16)13-19-15-31-22-6-4-5-7-23(22)32-19/h4-7,12,18-19H,8-11,13-15H2,1-3H3,(H2,25,30). The molecule has 2 atom stereocenters. The Morgan fingerprint density at radius 3 is 2.50 bits per heavy atom. The molecule has 0 aliphatic carbocycles. The summed E-state index contributed by atoms with van der Waals surface area (Å²) in [5.74, 6) is 1.34. The lowest BCUT2D eigenvalue weighted by atomic mass is 10.1. The molecule has 0 bridgehead atoms. The van der Waals surface area contributed by atoms with E-state index in [1.54, 1.807) is 0 Å². The van der Waals surface area contributed by atoms with Crippen LogP contribution in [0.15, 0.2) is 30.3 Å². The van der Waals surface area contributed by atoms with Gasteiger partial charge in [-0.3, -0.25) is 19.4 Å². The van der Waals surface area contributed by atoms with Crippen molar-refractivity contribution in [1.29, 1.82) is 0 Å². The maximum atomic E-state index is 13.1. The molecule has 8 nitrogen and oxygen atoms in total.